The molecule has 0 aromatic carbocycles. The molecule has 0 aliphatic rings. The number of ketones is 1. The SMILES string of the molecule is CC.CC.CC(=O)CCON(CCOC(=O)C(C)C)C(C)=O. The predicted molar refractivity (Wildman–Crippen MR) is 87.1 cm³/mol. The molecule has 0 fully saturated rings. The molecule has 132 valence electrons. The molecule has 0 rings (SSSR count). The van der Waals surface area contributed by atoms with E-state index in [-0.39, 0.29) is 49.8 Å². The average Bonchev–Trinajstić information content (AvgIpc) is 2.48. The Labute approximate surface area is 135 Å². The maximum atomic E-state index is 11.2. The van der Waals surface area contributed by atoms with E-state index in [0.717, 1.165) is 5.06 Å². The molecule has 6 nitrogen and oxygen atoms in total. The molecule has 0 spiro atoms. The summed E-state index contributed by atoms with van der Waals surface area (Å²) >= 11 is 0. The third-order valence-corrected chi connectivity index (χ3v) is 2.06. The van der Waals surface area contributed by atoms with Gasteiger partial charge in [-0.3, -0.25) is 19.2 Å². The van der Waals surface area contributed by atoms with Gasteiger partial charge in [-0.1, -0.05) is 41.5 Å². The molecule has 0 bridgehead atoms. The summed E-state index contributed by atoms with van der Waals surface area (Å²) in [5.41, 5.74) is 0. The molecule has 0 aliphatic heterocycles. The van der Waals surface area contributed by atoms with Gasteiger partial charge in [0.25, 0.3) is 0 Å². The minimum atomic E-state index is -0.317. The number of amides is 1. The van der Waals surface area contributed by atoms with E-state index in [1.165, 1.54) is 13.8 Å². The molecule has 0 aromatic heterocycles. The van der Waals surface area contributed by atoms with E-state index in [1.54, 1.807) is 13.8 Å². The van der Waals surface area contributed by atoms with Gasteiger partial charge in [-0.15, -0.1) is 0 Å². The third kappa shape index (κ3) is 16.6. The molecule has 6 heteroatoms. The zero-order valence-electron chi connectivity index (χ0n) is 15.4. The van der Waals surface area contributed by atoms with E-state index >= 15 is 0 Å². The number of hydrogen-bond donors (Lipinski definition) is 0. The normalized spacial score (nSPS) is 8.95. The van der Waals surface area contributed by atoms with Crippen LogP contribution < -0.4 is 0 Å². The highest BCUT2D eigenvalue weighted by atomic mass is 16.7. The fourth-order valence-electron chi connectivity index (χ4n) is 1.01. The van der Waals surface area contributed by atoms with Crippen LogP contribution >= 0.6 is 0 Å². The summed E-state index contributed by atoms with van der Waals surface area (Å²) in [6, 6.07) is 0. The molecule has 1 amide bonds. The fraction of sp³-hybridized carbons (Fsp3) is 0.812. The van der Waals surface area contributed by atoms with Crippen LogP contribution in [-0.2, 0) is 24.0 Å². The van der Waals surface area contributed by atoms with E-state index in [2.05, 4.69) is 0 Å². The van der Waals surface area contributed by atoms with E-state index in [0.29, 0.717) is 0 Å². The highest BCUT2D eigenvalue weighted by Gasteiger charge is 2.12. The number of carbonyl (C=O) groups is 3. The maximum Gasteiger partial charge on any atom is 0.308 e. The van der Waals surface area contributed by atoms with Crippen LogP contribution in [0.5, 0.6) is 0 Å². The highest BCUT2D eigenvalue weighted by Crippen LogP contribution is 1.98. The Morgan fingerprint density at radius 2 is 1.45 bits per heavy atom. The quantitative estimate of drug-likeness (QED) is 0.508. The molecule has 0 aliphatic carbocycles. The number of esters is 1. The van der Waals surface area contributed by atoms with Gasteiger partial charge in [0, 0.05) is 13.3 Å². The van der Waals surface area contributed by atoms with Crippen LogP contribution in [-0.4, -0.2) is 42.5 Å². The molecule has 0 aromatic rings. The van der Waals surface area contributed by atoms with Crippen molar-refractivity contribution in [3.8, 4) is 0 Å². The highest BCUT2D eigenvalue weighted by molar-refractivity contribution is 5.75. The van der Waals surface area contributed by atoms with Crippen LogP contribution in [0.4, 0.5) is 0 Å². The maximum absolute atomic E-state index is 11.2. The molecule has 0 saturated heterocycles. The molecule has 0 N–H and O–H groups in total. The van der Waals surface area contributed by atoms with Crippen molar-refractivity contribution >= 4 is 17.7 Å². The standard InChI is InChI=1S/C12H21NO5.2C2H6/c1-9(2)12(16)17-8-6-13(11(4)15)18-7-5-10(3)14;2*1-2/h9H,5-8H2,1-4H3;2*1-2H3. The lowest BCUT2D eigenvalue weighted by molar-refractivity contribution is -0.189. The van der Waals surface area contributed by atoms with Gasteiger partial charge in [0.1, 0.15) is 12.4 Å². The Kier molecular flexibility index (Phi) is 20.4. The van der Waals surface area contributed by atoms with Gasteiger partial charge in [-0.25, -0.2) is 5.06 Å². The number of hydroxylamine groups is 2. The number of carbonyl (C=O) groups excluding carboxylic acids is 3. The van der Waals surface area contributed by atoms with Gasteiger partial charge < -0.3 is 4.74 Å². The monoisotopic (exact) mass is 319 g/mol. The Morgan fingerprint density at radius 1 is 0.955 bits per heavy atom. The summed E-state index contributed by atoms with van der Waals surface area (Å²) in [5.74, 6) is -0.819. The largest absolute Gasteiger partial charge is 0.463 e. The number of nitrogens with zero attached hydrogens (tertiary/aromatic N) is 1. The number of hydrogen-bond acceptors (Lipinski definition) is 5. The topological polar surface area (TPSA) is 72.9 Å². The number of rotatable bonds is 8. The first-order chi connectivity index (χ1) is 10.3. The third-order valence-electron chi connectivity index (χ3n) is 2.06. The first-order valence-electron chi connectivity index (χ1n) is 7.91. The molecule has 0 atom stereocenters. The first-order valence-corrected chi connectivity index (χ1v) is 7.91. The van der Waals surface area contributed by atoms with Gasteiger partial charge in [0.2, 0.25) is 5.91 Å². The molecule has 22 heavy (non-hydrogen) atoms. The van der Waals surface area contributed by atoms with Crippen molar-refractivity contribution in [2.24, 2.45) is 5.92 Å². The lowest BCUT2D eigenvalue weighted by Crippen LogP contribution is -2.33. The van der Waals surface area contributed by atoms with E-state index in [9.17, 15) is 14.4 Å². The van der Waals surface area contributed by atoms with Crippen LogP contribution in [0.25, 0.3) is 0 Å². The fourth-order valence-corrected chi connectivity index (χ4v) is 1.01. The number of Topliss-reactive ketones (excluding diaryl/α,β-unsaturated/α-hetero) is 1. The molecular weight excluding hydrogens is 286 g/mol. The lowest BCUT2D eigenvalue weighted by atomic mass is 10.2. The molecule has 0 unspecified atom stereocenters. The smallest absolute Gasteiger partial charge is 0.308 e. The van der Waals surface area contributed by atoms with Gasteiger partial charge in [-0.2, -0.15) is 0 Å². The molecule has 0 heterocycles. The van der Waals surface area contributed by atoms with E-state index < -0.39 is 0 Å². The zero-order chi connectivity index (χ0) is 18.1. The van der Waals surface area contributed by atoms with Crippen molar-refractivity contribution in [1.82, 2.24) is 5.06 Å². The minimum Gasteiger partial charge on any atom is -0.463 e. The van der Waals surface area contributed by atoms with Crippen LogP contribution in [0.2, 0.25) is 0 Å². The molecular formula is C16H33NO5. The van der Waals surface area contributed by atoms with Gasteiger partial charge in [0.15, 0.2) is 0 Å². The van der Waals surface area contributed by atoms with Crippen molar-refractivity contribution in [2.45, 2.75) is 61.8 Å². The summed E-state index contributed by atoms with van der Waals surface area (Å²) in [6.07, 6.45) is 0.246. The van der Waals surface area contributed by atoms with E-state index in [1.807, 2.05) is 27.7 Å². The van der Waals surface area contributed by atoms with Crippen molar-refractivity contribution in [3.63, 3.8) is 0 Å². The Morgan fingerprint density at radius 3 is 1.82 bits per heavy atom. The number of ether oxygens (including phenoxy) is 1. The molecule has 0 radical (unpaired) electrons. The summed E-state index contributed by atoms with van der Waals surface area (Å²) in [6.45, 7) is 14.6. The van der Waals surface area contributed by atoms with Crippen molar-refractivity contribution < 1.29 is 24.0 Å². The van der Waals surface area contributed by atoms with Gasteiger partial charge in [0.05, 0.1) is 19.1 Å². The van der Waals surface area contributed by atoms with Crippen molar-refractivity contribution in [3.05, 3.63) is 0 Å². The lowest BCUT2D eigenvalue weighted by Gasteiger charge is -2.20. The van der Waals surface area contributed by atoms with Gasteiger partial charge >= 0.3 is 5.97 Å². The second-order valence-corrected chi connectivity index (χ2v) is 4.23. The first kappa shape index (κ1) is 25.5. The predicted octanol–water partition coefficient (Wildman–Crippen LogP) is 3.00. The second-order valence-electron chi connectivity index (χ2n) is 4.23. The van der Waals surface area contributed by atoms with Crippen LogP contribution in [0.3, 0.4) is 0 Å². The van der Waals surface area contributed by atoms with Crippen LogP contribution in [0.15, 0.2) is 0 Å². The Balaban J connectivity index is -0.000000826. The average molecular weight is 319 g/mol. The summed E-state index contributed by atoms with van der Waals surface area (Å²) in [7, 11) is 0. The Bertz CT molecular complexity index is 303. The minimum absolute atomic E-state index is 0.00950. The van der Waals surface area contributed by atoms with Crippen molar-refractivity contribution in [1.29, 1.82) is 0 Å². The van der Waals surface area contributed by atoms with Crippen LogP contribution in [0, 0.1) is 5.92 Å². The zero-order valence-corrected chi connectivity index (χ0v) is 15.4. The Hall–Kier alpha value is -1.43. The van der Waals surface area contributed by atoms with Gasteiger partial charge in [-0.05, 0) is 6.92 Å². The summed E-state index contributed by atoms with van der Waals surface area (Å²) in [5, 5.41) is 1.09. The van der Waals surface area contributed by atoms with E-state index in [4.69, 9.17) is 9.57 Å². The van der Waals surface area contributed by atoms with Crippen LogP contribution in [0.1, 0.15) is 61.8 Å². The summed E-state index contributed by atoms with van der Waals surface area (Å²) < 4.78 is 4.93. The van der Waals surface area contributed by atoms with Crippen molar-refractivity contribution in [2.75, 3.05) is 19.8 Å². The molecule has 0 saturated carbocycles. The summed E-state index contributed by atoms with van der Waals surface area (Å²) in [4.78, 5) is 38.2. The second kappa shape index (κ2) is 17.6.